The highest BCUT2D eigenvalue weighted by molar-refractivity contribution is 4.81. The van der Waals surface area contributed by atoms with Crippen molar-refractivity contribution in [3.05, 3.63) is 0 Å². The van der Waals surface area contributed by atoms with Gasteiger partial charge >= 0.3 is 6.18 Å². The lowest BCUT2D eigenvalue weighted by molar-refractivity contribution is -0.176. The lowest BCUT2D eigenvalue weighted by Gasteiger charge is -2.32. The summed E-state index contributed by atoms with van der Waals surface area (Å²) in [7, 11) is 0. The zero-order valence-corrected chi connectivity index (χ0v) is 10.9. The minimum Gasteiger partial charge on any atom is -0.315 e. The Balaban J connectivity index is 2.61. The third kappa shape index (κ3) is 4.84. The molecule has 1 N–H and O–H groups in total. The minimum absolute atomic E-state index is 0.0482. The van der Waals surface area contributed by atoms with Gasteiger partial charge in [0.2, 0.25) is 0 Å². The third-order valence-electron chi connectivity index (χ3n) is 3.55. The second-order valence-corrected chi connectivity index (χ2v) is 5.70. The lowest BCUT2D eigenvalue weighted by Crippen LogP contribution is -2.41. The van der Waals surface area contributed by atoms with Crippen molar-refractivity contribution in [1.29, 1.82) is 0 Å². The molecule has 0 aliphatic carbocycles. The molecule has 1 rings (SSSR count). The van der Waals surface area contributed by atoms with E-state index in [4.69, 9.17) is 0 Å². The Kier molecular flexibility index (Phi) is 4.84. The maximum atomic E-state index is 12.7. The Morgan fingerprint density at radius 3 is 2.47 bits per heavy atom. The molecule has 1 unspecified atom stereocenters. The van der Waals surface area contributed by atoms with Crippen LogP contribution >= 0.6 is 0 Å². The van der Waals surface area contributed by atoms with Gasteiger partial charge in [-0.1, -0.05) is 20.8 Å². The van der Waals surface area contributed by atoms with Gasteiger partial charge in [0.1, 0.15) is 0 Å². The van der Waals surface area contributed by atoms with Gasteiger partial charge in [0.15, 0.2) is 0 Å². The molecule has 1 heterocycles. The third-order valence-corrected chi connectivity index (χ3v) is 3.55. The van der Waals surface area contributed by atoms with E-state index in [1.807, 2.05) is 4.90 Å². The molecule has 1 fully saturated rings. The highest BCUT2D eigenvalue weighted by Gasteiger charge is 2.41. The van der Waals surface area contributed by atoms with Crippen molar-refractivity contribution in [2.75, 3.05) is 32.7 Å². The fourth-order valence-electron chi connectivity index (χ4n) is 2.06. The Labute approximate surface area is 102 Å². The molecule has 0 spiro atoms. The van der Waals surface area contributed by atoms with Crippen LogP contribution < -0.4 is 5.32 Å². The molecule has 1 atom stereocenters. The summed E-state index contributed by atoms with van der Waals surface area (Å²) in [6, 6.07) is 0. The van der Waals surface area contributed by atoms with Crippen LogP contribution in [0.4, 0.5) is 13.2 Å². The van der Waals surface area contributed by atoms with E-state index in [0.29, 0.717) is 13.1 Å². The van der Waals surface area contributed by atoms with Gasteiger partial charge in [-0.25, -0.2) is 0 Å². The summed E-state index contributed by atoms with van der Waals surface area (Å²) in [4.78, 5) is 1.95. The van der Waals surface area contributed by atoms with Crippen LogP contribution in [0.5, 0.6) is 0 Å². The summed E-state index contributed by atoms with van der Waals surface area (Å²) < 4.78 is 38.2. The molecule has 0 aromatic carbocycles. The second-order valence-electron chi connectivity index (χ2n) is 5.70. The molecule has 0 saturated carbocycles. The summed E-state index contributed by atoms with van der Waals surface area (Å²) >= 11 is 0. The zero-order valence-electron chi connectivity index (χ0n) is 10.9. The molecule has 0 bridgehead atoms. The number of hydrogen-bond donors (Lipinski definition) is 1. The number of rotatable bonds is 3. The average molecular weight is 252 g/mol. The highest BCUT2D eigenvalue weighted by atomic mass is 19.4. The zero-order chi connectivity index (χ0) is 13.1. The number of alkyl halides is 3. The van der Waals surface area contributed by atoms with Crippen molar-refractivity contribution in [3.8, 4) is 0 Å². The van der Waals surface area contributed by atoms with Crippen LogP contribution in [0.1, 0.15) is 27.2 Å². The number of nitrogens with one attached hydrogen (secondary N) is 1. The number of nitrogens with zero attached hydrogens (tertiary/aromatic N) is 1. The van der Waals surface area contributed by atoms with Crippen LogP contribution in [-0.2, 0) is 0 Å². The van der Waals surface area contributed by atoms with E-state index in [2.05, 4.69) is 26.1 Å². The molecule has 1 aliphatic rings. The number of hydrogen-bond acceptors (Lipinski definition) is 2. The van der Waals surface area contributed by atoms with E-state index in [1.54, 1.807) is 0 Å². The topological polar surface area (TPSA) is 15.3 Å². The first-order valence-corrected chi connectivity index (χ1v) is 6.24. The Hall–Kier alpha value is -0.290. The van der Waals surface area contributed by atoms with Crippen LogP contribution in [0.3, 0.4) is 0 Å². The summed E-state index contributed by atoms with van der Waals surface area (Å²) in [5.41, 5.74) is 0.0838. The maximum Gasteiger partial charge on any atom is 0.394 e. The van der Waals surface area contributed by atoms with E-state index >= 15 is 0 Å². The Morgan fingerprint density at radius 1 is 1.29 bits per heavy atom. The molecule has 0 amide bonds. The van der Waals surface area contributed by atoms with E-state index in [0.717, 1.165) is 13.0 Å². The fourth-order valence-corrected chi connectivity index (χ4v) is 2.06. The molecule has 2 nitrogen and oxygen atoms in total. The first-order valence-electron chi connectivity index (χ1n) is 6.24. The van der Waals surface area contributed by atoms with Crippen molar-refractivity contribution >= 4 is 0 Å². The molecule has 0 aromatic heterocycles. The quantitative estimate of drug-likeness (QED) is 0.830. The van der Waals surface area contributed by atoms with E-state index in [1.165, 1.54) is 0 Å². The summed E-state index contributed by atoms with van der Waals surface area (Å²) in [6.07, 6.45) is -3.11. The molecule has 0 aromatic rings. The molecule has 17 heavy (non-hydrogen) atoms. The maximum absolute atomic E-state index is 12.7. The lowest BCUT2D eigenvalue weighted by atomic mass is 9.89. The predicted molar refractivity (Wildman–Crippen MR) is 62.9 cm³/mol. The average Bonchev–Trinajstić information content (AvgIpc) is 2.42. The smallest absolute Gasteiger partial charge is 0.315 e. The van der Waals surface area contributed by atoms with Gasteiger partial charge in [0.05, 0.1) is 5.92 Å². The van der Waals surface area contributed by atoms with Gasteiger partial charge in [-0.3, -0.25) is 0 Å². The molecular formula is C12H23F3N2. The minimum atomic E-state index is -4.09. The Bertz CT molecular complexity index is 238. The summed E-state index contributed by atoms with van der Waals surface area (Å²) in [5.74, 6) is -1.24. The molecule has 0 radical (unpaired) electrons. The summed E-state index contributed by atoms with van der Waals surface area (Å²) in [5, 5.41) is 2.88. The van der Waals surface area contributed by atoms with Crippen molar-refractivity contribution in [1.82, 2.24) is 10.2 Å². The molecular weight excluding hydrogens is 229 g/mol. The van der Waals surface area contributed by atoms with Gasteiger partial charge < -0.3 is 10.2 Å². The van der Waals surface area contributed by atoms with Gasteiger partial charge in [-0.15, -0.1) is 0 Å². The standard InChI is InChI=1S/C12H23F3N2/c1-4-11(2,3)9-17-6-5-16-7-10(8-17)12(13,14)15/h10,16H,4-9H2,1-3H3. The van der Waals surface area contributed by atoms with Crippen molar-refractivity contribution in [2.24, 2.45) is 11.3 Å². The van der Waals surface area contributed by atoms with Crippen LogP contribution in [0.2, 0.25) is 0 Å². The largest absolute Gasteiger partial charge is 0.394 e. The van der Waals surface area contributed by atoms with E-state index in [-0.39, 0.29) is 18.5 Å². The van der Waals surface area contributed by atoms with Crippen molar-refractivity contribution < 1.29 is 13.2 Å². The molecule has 5 heteroatoms. The highest BCUT2D eigenvalue weighted by Crippen LogP contribution is 2.29. The van der Waals surface area contributed by atoms with Gasteiger partial charge in [-0.05, 0) is 11.8 Å². The molecule has 1 saturated heterocycles. The van der Waals surface area contributed by atoms with Gasteiger partial charge in [0, 0.05) is 32.7 Å². The van der Waals surface area contributed by atoms with Gasteiger partial charge in [-0.2, -0.15) is 13.2 Å². The van der Waals surface area contributed by atoms with E-state index < -0.39 is 12.1 Å². The second kappa shape index (κ2) is 5.57. The fraction of sp³-hybridized carbons (Fsp3) is 1.00. The monoisotopic (exact) mass is 252 g/mol. The molecule has 102 valence electrons. The summed E-state index contributed by atoms with van der Waals surface area (Å²) in [6.45, 7) is 8.55. The first-order chi connectivity index (χ1) is 7.74. The van der Waals surface area contributed by atoms with Crippen molar-refractivity contribution in [3.63, 3.8) is 0 Å². The van der Waals surface area contributed by atoms with E-state index in [9.17, 15) is 13.2 Å². The van der Waals surface area contributed by atoms with Gasteiger partial charge in [0.25, 0.3) is 0 Å². The SMILES string of the molecule is CCC(C)(C)CN1CCNCC(C(F)(F)F)C1. The Morgan fingerprint density at radius 2 is 1.94 bits per heavy atom. The van der Waals surface area contributed by atoms with Crippen molar-refractivity contribution in [2.45, 2.75) is 33.4 Å². The predicted octanol–water partition coefficient (Wildman–Crippen LogP) is 2.51. The first kappa shape index (κ1) is 14.8. The molecule has 1 aliphatic heterocycles. The number of halogens is 3. The van der Waals surface area contributed by atoms with Crippen LogP contribution in [-0.4, -0.2) is 43.8 Å². The van der Waals surface area contributed by atoms with Crippen LogP contribution in [0.25, 0.3) is 0 Å². The normalized spacial score (nSPS) is 24.7. The van der Waals surface area contributed by atoms with Crippen LogP contribution in [0.15, 0.2) is 0 Å². The van der Waals surface area contributed by atoms with Crippen LogP contribution in [0, 0.1) is 11.3 Å².